The van der Waals surface area contributed by atoms with Crippen LogP contribution >= 0.6 is 0 Å². The Morgan fingerprint density at radius 2 is 1.78 bits per heavy atom. The summed E-state index contributed by atoms with van der Waals surface area (Å²) >= 11 is 0. The Morgan fingerprint density at radius 3 is 2.39 bits per heavy atom. The summed E-state index contributed by atoms with van der Waals surface area (Å²) in [5.74, 6) is -0.494. The van der Waals surface area contributed by atoms with Gasteiger partial charge in [-0.3, -0.25) is 4.79 Å². The van der Waals surface area contributed by atoms with Gasteiger partial charge in [0.2, 0.25) is 0 Å². The summed E-state index contributed by atoms with van der Waals surface area (Å²) < 4.78 is 0. The van der Waals surface area contributed by atoms with Crippen molar-refractivity contribution in [2.75, 3.05) is 22.5 Å². The molecule has 0 atom stereocenters. The van der Waals surface area contributed by atoms with Crippen molar-refractivity contribution in [3.63, 3.8) is 0 Å². The van der Waals surface area contributed by atoms with Crippen LogP contribution in [0.1, 0.15) is 28.4 Å². The molecule has 7 heteroatoms. The van der Waals surface area contributed by atoms with Gasteiger partial charge in [0.25, 0.3) is 5.91 Å². The van der Waals surface area contributed by atoms with E-state index in [2.05, 4.69) is 5.32 Å². The molecule has 2 rings (SSSR count). The number of anilines is 4. The number of nitrogens with one attached hydrogen (secondary N) is 2. The number of rotatable bonds is 3. The van der Waals surface area contributed by atoms with E-state index in [0.717, 1.165) is 0 Å². The molecule has 7 nitrogen and oxygen atoms in total. The monoisotopic (exact) mass is 308 g/mol. The first kappa shape index (κ1) is 15.9. The molecule has 0 heterocycles. The van der Waals surface area contributed by atoms with Gasteiger partial charge in [-0.1, -0.05) is 0 Å². The molecule has 0 aromatic heterocycles. The van der Waals surface area contributed by atoms with Gasteiger partial charge in [0.15, 0.2) is 0 Å². The Hall–Kier alpha value is -3.53. The summed E-state index contributed by atoms with van der Waals surface area (Å²) in [5.41, 5.74) is 19.4. The molecular weight excluding hydrogens is 292 g/mol. The average Bonchev–Trinajstić information content (AvgIpc) is 2.51. The van der Waals surface area contributed by atoms with Crippen LogP contribution in [0.4, 0.5) is 22.7 Å². The molecule has 116 valence electrons. The Morgan fingerprint density at radius 1 is 1.13 bits per heavy atom. The first-order valence-electron chi connectivity index (χ1n) is 6.69. The number of nitrogens with zero attached hydrogens (tertiary/aromatic N) is 1. The van der Waals surface area contributed by atoms with Crippen molar-refractivity contribution in [1.82, 2.24) is 0 Å². The van der Waals surface area contributed by atoms with Gasteiger partial charge in [0.05, 0.1) is 22.5 Å². The topological polar surface area (TPSA) is 155 Å². The van der Waals surface area contributed by atoms with Crippen molar-refractivity contribution in [3.8, 4) is 6.07 Å². The van der Waals surface area contributed by atoms with E-state index in [-0.39, 0.29) is 28.2 Å². The normalized spacial score (nSPS) is 9.91. The minimum atomic E-state index is -0.494. The van der Waals surface area contributed by atoms with Crippen molar-refractivity contribution in [3.05, 3.63) is 47.0 Å². The smallest absolute Gasteiger partial charge is 0.257 e. The van der Waals surface area contributed by atoms with Crippen LogP contribution in [0.5, 0.6) is 0 Å². The maximum absolute atomic E-state index is 12.4. The standard InChI is InChI=1S/C16H16N6O/c1-8(18)11-6-9(2-4-13(11)19)22-16(23)10-3-5-14(20)15(21)12(10)7-17/h2-6,18H,19-21H2,1H3,(H,22,23). The number of carbonyl (C=O) groups excluding carboxylic acids is 1. The van der Waals surface area contributed by atoms with E-state index in [1.165, 1.54) is 12.1 Å². The van der Waals surface area contributed by atoms with Crippen LogP contribution in [0.25, 0.3) is 0 Å². The lowest BCUT2D eigenvalue weighted by atomic mass is 10.0. The number of hydrogen-bond acceptors (Lipinski definition) is 6. The maximum atomic E-state index is 12.4. The van der Waals surface area contributed by atoms with Gasteiger partial charge in [-0.25, -0.2) is 0 Å². The van der Waals surface area contributed by atoms with Crippen molar-refractivity contribution in [1.29, 1.82) is 10.7 Å². The third-order valence-electron chi connectivity index (χ3n) is 3.35. The second-order valence-electron chi connectivity index (χ2n) is 4.98. The van der Waals surface area contributed by atoms with Crippen LogP contribution in [0, 0.1) is 16.7 Å². The molecule has 0 aliphatic carbocycles. The van der Waals surface area contributed by atoms with Gasteiger partial charge in [0, 0.05) is 22.6 Å². The second-order valence-corrected chi connectivity index (χ2v) is 4.98. The van der Waals surface area contributed by atoms with E-state index in [9.17, 15) is 10.1 Å². The van der Waals surface area contributed by atoms with Gasteiger partial charge in [-0.15, -0.1) is 0 Å². The van der Waals surface area contributed by atoms with Gasteiger partial charge in [0.1, 0.15) is 6.07 Å². The van der Waals surface area contributed by atoms with Crippen molar-refractivity contribution >= 4 is 34.4 Å². The van der Waals surface area contributed by atoms with Gasteiger partial charge < -0.3 is 27.9 Å². The summed E-state index contributed by atoms with van der Waals surface area (Å²) in [6.07, 6.45) is 0. The molecule has 0 fully saturated rings. The Kier molecular flexibility index (Phi) is 4.18. The average molecular weight is 308 g/mol. The molecule has 0 saturated heterocycles. The quantitative estimate of drug-likeness (QED) is 0.433. The van der Waals surface area contributed by atoms with E-state index in [0.29, 0.717) is 16.9 Å². The highest BCUT2D eigenvalue weighted by atomic mass is 16.1. The van der Waals surface area contributed by atoms with Crippen LogP contribution in [-0.4, -0.2) is 11.6 Å². The number of benzene rings is 2. The summed E-state index contributed by atoms with van der Waals surface area (Å²) in [5, 5.41) is 19.5. The van der Waals surface area contributed by atoms with Crippen LogP contribution < -0.4 is 22.5 Å². The Bertz CT molecular complexity index is 850. The highest BCUT2D eigenvalue weighted by Crippen LogP contribution is 2.25. The van der Waals surface area contributed by atoms with Crippen LogP contribution in [0.3, 0.4) is 0 Å². The maximum Gasteiger partial charge on any atom is 0.257 e. The number of nitriles is 1. The molecular formula is C16H16N6O. The third kappa shape index (κ3) is 3.06. The molecule has 0 bridgehead atoms. The van der Waals surface area contributed by atoms with Crippen molar-refractivity contribution in [2.24, 2.45) is 0 Å². The van der Waals surface area contributed by atoms with Crippen molar-refractivity contribution < 1.29 is 4.79 Å². The zero-order chi connectivity index (χ0) is 17.1. The zero-order valence-electron chi connectivity index (χ0n) is 12.5. The molecule has 0 saturated carbocycles. The largest absolute Gasteiger partial charge is 0.398 e. The molecule has 0 radical (unpaired) electrons. The fourth-order valence-corrected chi connectivity index (χ4v) is 2.10. The molecule has 0 spiro atoms. The molecule has 23 heavy (non-hydrogen) atoms. The van der Waals surface area contributed by atoms with Crippen molar-refractivity contribution in [2.45, 2.75) is 6.92 Å². The van der Waals surface area contributed by atoms with Crippen LogP contribution in [0.2, 0.25) is 0 Å². The first-order chi connectivity index (χ1) is 10.8. The van der Waals surface area contributed by atoms with E-state index in [1.54, 1.807) is 25.1 Å². The molecule has 2 aromatic rings. The fourth-order valence-electron chi connectivity index (χ4n) is 2.10. The second kappa shape index (κ2) is 6.07. The van der Waals surface area contributed by atoms with E-state index >= 15 is 0 Å². The number of nitrogen functional groups attached to an aromatic ring is 3. The molecule has 0 aliphatic rings. The summed E-state index contributed by atoms with van der Waals surface area (Å²) in [6.45, 7) is 1.60. The van der Waals surface area contributed by atoms with Gasteiger partial charge in [-0.05, 0) is 37.3 Å². The number of hydrogen-bond donors (Lipinski definition) is 5. The molecule has 8 N–H and O–H groups in total. The molecule has 0 aliphatic heterocycles. The SMILES string of the molecule is CC(=N)c1cc(NC(=O)c2ccc(N)c(N)c2C#N)ccc1N. The highest BCUT2D eigenvalue weighted by molar-refractivity contribution is 6.09. The molecule has 2 aromatic carbocycles. The van der Waals surface area contributed by atoms with Crippen LogP contribution in [-0.2, 0) is 0 Å². The minimum absolute atomic E-state index is 0.0291. The Balaban J connectivity index is 2.38. The predicted molar refractivity (Wildman–Crippen MR) is 91.3 cm³/mol. The molecule has 1 amide bonds. The first-order valence-corrected chi connectivity index (χ1v) is 6.69. The van der Waals surface area contributed by atoms with E-state index < -0.39 is 5.91 Å². The predicted octanol–water partition coefficient (Wildman–Crippen LogP) is 1.94. The van der Waals surface area contributed by atoms with Gasteiger partial charge >= 0.3 is 0 Å². The lowest BCUT2D eigenvalue weighted by Gasteiger charge is -2.11. The fraction of sp³-hybridized carbons (Fsp3) is 0.0625. The minimum Gasteiger partial charge on any atom is -0.398 e. The summed E-state index contributed by atoms with van der Waals surface area (Å²) in [7, 11) is 0. The number of carbonyl (C=O) groups is 1. The lowest BCUT2D eigenvalue weighted by Crippen LogP contribution is -2.15. The summed E-state index contributed by atoms with van der Waals surface area (Å²) in [6, 6.07) is 9.63. The lowest BCUT2D eigenvalue weighted by molar-refractivity contribution is 0.102. The summed E-state index contributed by atoms with van der Waals surface area (Å²) in [4.78, 5) is 12.4. The number of amides is 1. The highest BCUT2D eigenvalue weighted by Gasteiger charge is 2.16. The zero-order valence-corrected chi connectivity index (χ0v) is 12.5. The molecule has 0 unspecified atom stereocenters. The third-order valence-corrected chi connectivity index (χ3v) is 3.35. The van der Waals surface area contributed by atoms with E-state index in [1.807, 2.05) is 6.07 Å². The Labute approximate surface area is 133 Å². The van der Waals surface area contributed by atoms with E-state index in [4.69, 9.17) is 22.6 Å². The van der Waals surface area contributed by atoms with Gasteiger partial charge in [-0.2, -0.15) is 5.26 Å². The number of nitrogens with two attached hydrogens (primary N) is 3. The van der Waals surface area contributed by atoms with Crippen LogP contribution in [0.15, 0.2) is 30.3 Å².